The van der Waals surface area contributed by atoms with E-state index in [1.807, 2.05) is 31.2 Å². The Labute approximate surface area is 155 Å². The molecule has 0 aliphatic rings. The van der Waals surface area contributed by atoms with Crippen molar-refractivity contribution in [3.8, 4) is 0 Å². The van der Waals surface area contributed by atoms with Crippen LogP contribution in [0.1, 0.15) is 29.8 Å². The summed E-state index contributed by atoms with van der Waals surface area (Å²) in [6.07, 6.45) is 0. The topological polar surface area (TPSA) is 75.3 Å². The molecule has 0 aromatic heterocycles. The smallest absolute Gasteiger partial charge is 0.255 e. The van der Waals surface area contributed by atoms with Gasteiger partial charge in [0.05, 0.1) is 10.6 Å². The highest BCUT2D eigenvalue weighted by atomic mass is 35.5. The lowest BCUT2D eigenvalue weighted by atomic mass is 10.1. The maximum absolute atomic E-state index is 12.4. The first-order valence-corrected chi connectivity index (χ1v) is 9.56. The van der Waals surface area contributed by atoms with Gasteiger partial charge in [-0.25, -0.2) is 8.42 Å². The fraction of sp³-hybridized carbons (Fsp3) is 0.278. The number of halogens is 1. The number of nitrogens with one attached hydrogen (secondary N) is 2. The average Bonchev–Trinajstić information content (AvgIpc) is 2.61. The van der Waals surface area contributed by atoms with E-state index in [9.17, 15) is 13.2 Å². The van der Waals surface area contributed by atoms with Crippen molar-refractivity contribution >= 4 is 33.8 Å². The Morgan fingerprint density at radius 2 is 1.64 bits per heavy atom. The molecule has 0 unspecified atom stereocenters. The summed E-state index contributed by atoms with van der Waals surface area (Å²) in [6, 6.07) is 13.6. The van der Waals surface area contributed by atoms with Gasteiger partial charge in [0, 0.05) is 17.8 Å². The minimum Gasteiger partial charge on any atom is -0.322 e. The predicted molar refractivity (Wildman–Crippen MR) is 103 cm³/mol. The quantitative estimate of drug-likeness (QED) is 0.770. The highest BCUT2D eigenvalue weighted by molar-refractivity contribution is 7.91. The van der Waals surface area contributed by atoms with E-state index in [0.29, 0.717) is 12.1 Å². The van der Waals surface area contributed by atoms with Gasteiger partial charge in [-0.1, -0.05) is 32.0 Å². The molecule has 2 aromatic rings. The third kappa shape index (κ3) is 5.56. The molecule has 25 heavy (non-hydrogen) atoms. The molecule has 0 bridgehead atoms. The van der Waals surface area contributed by atoms with Crippen LogP contribution in [0, 0.1) is 0 Å². The lowest BCUT2D eigenvalue weighted by Gasteiger charge is -2.11. The van der Waals surface area contributed by atoms with Crippen LogP contribution in [-0.2, 0) is 16.4 Å². The maximum Gasteiger partial charge on any atom is 0.255 e. The molecule has 0 heterocycles. The first kappa shape index (κ1) is 21.2. The fourth-order valence-corrected chi connectivity index (χ4v) is 3.11. The van der Waals surface area contributed by atoms with Gasteiger partial charge in [-0.05, 0) is 42.4 Å². The zero-order valence-corrected chi connectivity index (χ0v) is 15.9. The van der Waals surface area contributed by atoms with E-state index in [4.69, 9.17) is 0 Å². The van der Waals surface area contributed by atoms with E-state index < -0.39 is 9.84 Å². The van der Waals surface area contributed by atoms with E-state index in [-0.39, 0.29) is 29.0 Å². The lowest BCUT2D eigenvalue weighted by Crippen LogP contribution is -2.17. The van der Waals surface area contributed by atoms with Crippen molar-refractivity contribution < 1.29 is 13.2 Å². The number of anilines is 1. The SMILES string of the molecule is CCNCc1ccccc1NC(=O)c1ccc(S(=O)(=O)CC)cc1.Cl. The number of carbonyl (C=O) groups is 1. The monoisotopic (exact) mass is 382 g/mol. The minimum absolute atomic E-state index is 0. The van der Waals surface area contributed by atoms with Gasteiger partial charge in [0.15, 0.2) is 9.84 Å². The Balaban J connectivity index is 0.00000312. The summed E-state index contributed by atoms with van der Waals surface area (Å²) in [5.41, 5.74) is 2.16. The molecule has 1 amide bonds. The number of sulfone groups is 1. The normalized spacial score (nSPS) is 10.8. The van der Waals surface area contributed by atoms with Gasteiger partial charge in [-0.15, -0.1) is 12.4 Å². The summed E-state index contributed by atoms with van der Waals surface area (Å²) in [5.74, 6) is -0.226. The Hall–Kier alpha value is -1.89. The standard InChI is InChI=1S/C18H22N2O3S.ClH/c1-3-19-13-15-7-5-6-8-17(15)20-18(21)14-9-11-16(12-10-14)24(22,23)4-2;/h5-12,19H,3-4,13H2,1-2H3,(H,20,21);1H. The van der Waals surface area contributed by atoms with Crippen molar-refractivity contribution in [1.82, 2.24) is 5.32 Å². The molecule has 2 aromatic carbocycles. The molecule has 0 fully saturated rings. The second kappa shape index (κ2) is 9.56. The molecule has 5 nitrogen and oxygen atoms in total. The van der Waals surface area contributed by atoms with Crippen molar-refractivity contribution in [2.45, 2.75) is 25.3 Å². The largest absolute Gasteiger partial charge is 0.322 e. The Kier molecular flexibility index (Phi) is 8.09. The Morgan fingerprint density at radius 1 is 1.00 bits per heavy atom. The molecule has 0 aliphatic heterocycles. The molecule has 7 heteroatoms. The van der Waals surface area contributed by atoms with Gasteiger partial charge in [0.1, 0.15) is 0 Å². The maximum atomic E-state index is 12.4. The second-order valence-electron chi connectivity index (χ2n) is 5.32. The highest BCUT2D eigenvalue weighted by Gasteiger charge is 2.13. The summed E-state index contributed by atoms with van der Waals surface area (Å²) in [7, 11) is -3.26. The highest BCUT2D eigenvalue weighted by Crippen LogP contribution is 2.17. The van der Waals surface area contributed by atoms with Crippen LogP contribution >= 0.6 is 12.4 Å². The summed E-state index contributed by atoms with van der Waals surface area (Å²) in [5, 5.41) is 6.11. The Bertz CT molecular complexity index is 805. The fourth-order valence-electron chi connectivity index (χ4n) is 2.23. The third-order valence-corrected chi connectivity index (χ3v) is 5.44. The third-order valence-electron chi connectivity index (χ3n) is 3.69. The van der Waals surface area contributed by atoms with E-state index in [1.165, 1.54) is 24.3 Å². The first-order chi connectivity index (χ1) is 11.5. The summed E-state index contributed by atoms with van der Waals surface area (Å²) in [4.78, 5) is 12.6. The van der Waals surface area contributed by atoms with Crippen molar-refractivity contribution in [2.24, 2.45) is 0 Å². The molecule has 0 radical (unpaired) electrons. The van der Waals surface area contributed by atoms with Crippen LogP contribution in [-0.4, -0.2) is 26.6 Å². The molecule has 136 valence electrons. The van der Waals surface area contributed by atoms with E-state index in [0.717, 1.165) is 17.8 Å². The molecule has 2 rings (SSSR count). The van der Waals surface area contributed by atoms with Crippen LogP contribution < -0.4 is 10.6 Å². The first-order valence-electron chi connectivity index (χ1n) is 7.90. The van der Waals surface area contributed by atoms with E-state index >= 15 is 0 Å². The minimum atomic E-state index is -3.26. The van der Waals surface area contributed by atoms with Gasteiger partial charge in [0.2, 0.25) is 0 Å². The van der Waals surface area contributed by atoms with Crippen molar-refractivity contribution in [1.29, 1.82) is 0 Å². The number of para-hydroxylation sites is 1. The van der Waals surface area contributed by atoms with Gasteiger partial charge in [-0.2, -0.15) is 0 Å². The molecular formula is C18H23ClN2O3S. The Morgan fingerprint density at radius 3 is 2.24 bits per heavy atom. The molecule has 2 N–H and O–H groups in total. The predicted octanol–water partition coefficient (Wildman–Crippen LogP) is 3.26. The second-order valence-corrected chi connectivity index (χ2v) is 7.60. The lowest BCUT2D eigenvalue weighted by molar-refractivity contribution is 0.102. The zero-order valence-electron chi connectivity index (χ0n) is 14.3. The van der Waals surface area contributed by atoms with Crippen LogP contribution in [0.5, 0.6) is 0 Å². The number of amides is 1. The van der Waals surface area contributed by atoms with Crippen LogP contribution in [0.2, 0.25) is 0 Å². The van der Waals surface area contributed by atoms with Gasteiger partial charge < -0.3 is 10.6 Å². The van der Waals surface area contributed by atoms with Crippen LogP contribution in [0.3, 0.4) is 0 Å². The zero-order chi connectivity index (χ0) is 17.6. The van der Waals surface area contributed by atoms with Gasteiger partial charge in [0.25, 0.3) is 5.91 Å². The number of rotatable bonds is 7. The summed E-state index contributed by atoms with van der Waals surface area (Å²) in [6.45, 7) is 5.13. The van der Waals surface area contributed by atoms with Gasteiger partial charge >= 0.3 is 0 Å². The summed E-state index contributed by atoms with van der Waals surface area (Å²) >= 11 is 0. The van der Waals surface area contributed by atoms with Gasteiger partial charge in [-0.3, -0.25) is 4.79 Å². The van der Waals surface area contributed by atoms with Crippen molar-refractivity contribution in [3.05, 3.63) is 59.7 Å². The molecule has 0 aliphatic carbocycles. The number of hydrogen-bond acceptors (Lipinski definition) is 4. The average molecular weight is 383 g/mol. The van der Waals surface area contributed by atoms with Crippen molar-refractivity contribution in [2.75, 3.05) is 17.6 Å². The van der Waals surface area contributed by atoms with E-state index in [1.54, 1.807) is 6.92 Å². The number of hydrogen-bond donors (Lipinski definition) is 2. The summed E-state index contributed by atoms with van der Waals surface area (Å²) < 4.78 is 23.6. The molecule has 0 saturated carbocycles. The van der Waals surface area contributed by atoms with Crippen LogP contribution in [0.4, 0.5) is 5.69 Å². The van der Waals surface area contributed by atoms with Crippen LogP contribution in [0.25, 0.3) is 0 Å². The van der Waals surface area contributed by atoms with Crippen LogP contribution in [0.15, 0.2) is 53.4 Å². The van der Waals surface area contributed by atoms with E-state index in [2.05, 4.69) is 10.6 Å². The molecular weight excluding hydrogens is 360 g/mol. The molecule has 0 saturated heterocycles. The number of benzene rings is 2. The van der Waals surface area contributed by atoms with Crippen molar-refractivity contribution in [3.63, 3.8) is 0 Å². The number of carbonyl (C=O) groups excluding carboxylic acids is 1. The molecule has 0 atom stereocenters. The molecule has 0 spiro atoms.